The molecular weight excluding hydrogens is 456 g/mol. The van der Waals surface area contributed by atoms with E-state index in [0.29, 0.717) is 17.3 Å². The summed E-state index contributed by atoms with van der Waals surface area (Å²) in [6, 6.07) is 19.2. The van der Waals surface area contributed by atoms with Gasteiger partial charge in [-0.05, 0) is 77.0 Å². The van der Waals surface area contributed by atoms with Crippen LogP contribution in [0.2, 0.25) is 5.02 Å². The minimum absolute atomic E-state index is 0.123. The number of hydrogen-bond acceptors (Lipinski definition) is 6. The second-order valence-corrected chi connectivity index (χ2v) is 8.92. The largest absolute Gasteiger partial charge is 0.497 e. The summed E-state index contributed by atoms with van der Waals surface area (Å²) in [5.74, 6) is 1.32. The van der Waals surface area contributed by atoms with Gasteiger partial charge in [0.05, 0.1) is 23.8 Å². The molecule has 1 aromatic heterocycles. The second kappa shape index (κ2) is 9.21. The number of nitrogens with zero attached hydrogens (tertiary/aromatic N) is 4. The number of ether oxygens (including phenoxy) is 1. The quantitative estimate of drug-likeness (QED) is 0.450. The van der Waals surface area contributed by atoms with Crippen molar-refractivity contribution in [3.8, 4) is 5.75 Å². The van der Waals surface area contributed by atoms with Gasteiger partial charge in [0.2, 0.25) is 0 Å². The number of methoxy groups -OCH3 is 1. The molecular formula is C25H19ClN4O2S. The molecule has 0 radical (unpaired) electrons. The smallest absolute Gasteiger partial charge is 0.311 e. The highest BCUT2D eigenvalue weighted by atomic mass is 35.5. The van der Waals surface area contributed by atoms with Gasteiger partial charge in [-0.1, -0.05) is 29.8 Å². The van der Waals surface area contributed by atoms with E-state index in [1.54, 1.807) is 19.5 Å². The van der Waals surface area contributed by atoms with Gasteiger partial charge in [-0.2, -0.15) is 10.1 Å². The van der Waals surface area contributed by atoms with Crippen molar-refractivity contribution in [2.24, 2.45) is 10.1 Å². The van der Waals surface area contributed by atoms with Gasteiger partial charge >= 0.3 is 5.24 Å². The average molecular weight is 475 g/mol. The normalized spacial score (nSPS) is 19.1. The first-order valence-electron chi connectivity index (χ1n) is 10.3. The summed E-state index contributed by atoms with van der Waals surface area (Å²) < 4.78 is 5.28. The lowest BCUT2D eigenvalue weighted by Gasteiger charge is -2.24. The Morgan fingerprint density at radius 1 is 1.12 bits per heavy atom. The third kappa shape index (κ3) is 4.55. The van der Waals surface area contributed by atoms with Crippen molar-refractivity contribution in [2.45, 2.75) is 12.5 Å². The summed E-state index contributed by atoms with van der Waals surface area (Å²) in [5, 5.41) is 7.18. The molecule has 2 aliphatic rings. The molecule has 0 bridgehead atoms. The Morgan fingerprint density at radius 3 is 2.61 bits per heavy atom. The molecule has 164 valence electrons. The van der Waals surface area contributed by atoms with Gasteiger partial charge in [0.1, 0.15) is 5.75 Å². The lowest BCUT2D eigenvalue weighted by molar-refractivity contribution is 0.267. The number of aliphatic imine (C=N–C) groups is 1. The zero-order valence-electron chi connectivity index (χ0n) is 17.7. The molecule has 6 nitrogen and oxygen atoms in total. The van der Waals surface area contributed by atoms with Gasteiger partial charge in [0, 0.05) is 23.8 Å². The van der Waals surface area contributed by atoms with Crippen LogP contribution in [-0.2, 0) is 0 Å². The topological polar surface area (TPSA) is 67.2 Å². The van der Waals surface area contributed by atoms with Crippen LogP contribution in [0, 0.1) is 0 Å². The number of halogens is 1. The van der Waals surface area contributed by atoms with Gasteiger partial charge < -0.3 is 4.74 Å². The maximum atomic E-state index is 12.3. The number of amides is 1. The van der Waals surface area contributed by atoms with Crippen molar-refractivity contribution in [3.63, 3.8) is 0 Å². The first-order chi connectivity index (χ1) is 16.1. The summed E-state index contributed by atoms with van der Waals surface area (Å²) in [5.41, 5.74) is 3.83. The fraction of sp³-hybridized carbons (Fsp3) is 0.120. The summed E-state index contributed by atoms with van der Waals surface area (Å²) in [6.45, 7) is 0. The lowest BCUT2D eigenvalue weighted by Crippen LogP contribution is -2.26. The van der Waals surface area contributed by atoms with Gasteiger partial charge in [0.25, 0.3) is 0 Å². The molecule has 3 heterocycles. The predicted molar refractivity (Wildman–Crippen MR) is 133 cm³/mol. The number of aromatic nitrogens is 1. The fourth-order valence-electron chi connectivity index (χ4n) is 3.78. The molecule has 5 rings (SSSR count). The molecule has 0 saturated heterocycles. The third-order valence-corrected chi connectivity index (χ3v) is 6.44. The standard InChI is InChI=1S/C25H19ClN4O2S/c1-32-20-10-6-17(7-11-20)21-14-22(18-4-8-19(26)9-5-18)30(29-21)24-23(33-25(31)28-24)13-16-3-2-12-27-15-16/h2-13,15,22H,14H2,1H3/b23-13-. The third-order valence-electron chi connectivity index (χ3n) is 5.40. The van der Waals surface area contributed by atoms with Crippen LogP contribution >= 0.6 is 23.4 Å². The van der Waals surface area contributed by atoms with Crippen LogP contribution in [0.5, 0.6) is 5.75 Å². The highest BCUT2D eigenvalue weighted by molar-refractivity contribution is 8.18. The first kappa shape index (κ1) is 21.4. The Labute approximate surface area is 200 Å². The fourth-order valence-corrected chi connectivity index (χ4v) is 4.65. The van der Waals surface area contributed by atoms with Crippen LogP contribution in [0.15, 0.2) is 88.1 Å². The monoisotopic (exact) mass is 474 g/mol. The molecule has 8 heteroatoms. The van der Waals surface area contributed by atoms with Crippen LogP contribution < -0.4 is 4.74 Å². The van der Waals surface area contributed by atoms with E-state index in [0.717, 1.165) is 44.8 Å². The molecule has 1 amide bonds. The van der Waals surface area contributed by atoms with Gasteiger partial charge in [-0.15, -0.1) is 0 Å². The van der Waals surface area contributed by atoms with Crippen molar-refractivity contribution >= 4 is 46.2 Å². The molecule has 0 fully saturated rings. The molecule has 0 spiro atoms. The number of thioether (sulfide) groups is 1. The van der Waals surface area contributed by atoms with Crippen molar-refractivity contribution in [2.75, 3.05) is 7.11 Å². The van der Waals surface area contributed by atoms with Crippen molar-refractivity contribution in [1.82, 2.24) is 9.99 Å². The van der Waals surface area contributed by atoms with Crippen LogP contribution in [-0.4, -0.2) is 33.9 Å². The number of carbonyl (C=O) groups is 1. The minimum Gasteiger partial charge on any atom is -0.497 e. The number of hydrazone groups is 1. The van der Waals surface area contributed by atoms with E-state index in [-0.39, 0.29) is 11.3 Å². The number of benzene rings is 2. The van der Waals surface area contributed by atoms with Crippen molar-refractivity contribution in [1.29, 1.82) is 0 Å². The zero-order chi connectivity index (χ0) is 22.8. The number of rotatable bonds is 4. The molecule has 2 aliphatic heterocycles. The molecule has 0 aliphatic carbocycles. The maximum Gasteiger partial charge on any atom is 0.311 e. The highest BCUT2D eigenvalue weighted by Gasteiger charge is 2.36. The number of pyridine rings is 1. The Morgan fingerprint density at radius 2 is 1.91 bits per heavy atom. The lowest BCUT2D eigenvalue weighted by atomic mass is 9.98. The van der Waals surface area contributed by atoms with Crippen molar-refractivity contribution < 1.29 is 9.53 Å². The Kier molecular flexibility index (Phi) is 5.98. The molecule has 0 saturated carbocycles. The summed E-state index contributed by atoms with van der Waals surface area (Å²) in [4.78, 5) is 21.6. The Balaban J connectivity index is 1.56. The van der Waals surface area contributed by atoms with E-state index >= 15 is 0 Å². The molecule has 1 unspecified atom stereocenters. The van der Waals surface area contributed by atoms with Crippen molar-refractivity contribution in [3.05, 3.63) is 99.7 Å². The molecule has 33 heavy (non-hydrogen) atoms. The second-order valence-electron chi connectivity index (χ2n) is 7.49. The van der Waals surface area contributed by atoms with E-state index in [1.165, 1.54) is 0 Å². The molecule has 3 aromatic rings. The number of amidine groups is 1. The van der Waals surface area contributed by atoms with Crippen LogP contribution in [0.4, 0.5) is 4.79 Å². The summed E-state index contributed by atoms with van der Waals surface area (Å²) in [6.07, 6.45) is 6.04. The predicted octanol–water partition coefficient (Wildman–Crippen LogP) is 6.20. The van der Waals surface area contributed by atoms with E-state index in [1.807, 2.05) is 71.7 Å². The molecule has 1 atom stereocenters. The van der Waals surface area contributed by atoms with Crippen LogP contribution in [0.3, 0.4) is 0 Å². The van der Waals surface area contributed by atoms with E-state index in [4.69, 9.17) is 21.4 Å². The Hall–Kier alpha value is -3.42. The zero-order valence-corrected chi connectivity index (χ0v) is 19.3. The highest BCUT2D eigenvalue weighted by Crippen LogP contribution is 2.39. The SMILES string of the molecule is COc1ccc(C2=NN(C3=NC(=O)S/C3=C\c3cccnc3)C(c3ccc(Cl)cc3)C2)cc1. The first-order valence-corrected chi connectivity index (χ1v) is 11.5. The average Bonchev–Trinajstić information content (AvgIpc) is 3.44. The van der Waals surface area contributed by atoms with Gasteiger partial charge in [-0.25, -0.2) is 5.01 Å². The van der Waals surface area contributed by atoms with Crippen LogP contribution in [0.1, 0.15) is 29.2 Å². The summed E-state index contributed by atoms with van der Waals surface area (Å²) >= 11 is 7.23. The number of carbonyl (C=O) groups excluding carboxylic acids is 1. The minimum atomic E-state index is -0.261. The van der Waals surface area contributed by atoms with Crippen LogP contribution in [0.25, 0.3) is 6.08 Å². The Bertz CT molecular complexity index is 1270. The maximum absolute atomic E-state index is 12.3. The summed E-state index contributed by atoms with van der Waals surface area (Å²) in [7, 11) is 1.64. The van der Waals surface area contributed by atoms with E-state index in [2.05, 4.69) is 9.98 Å². The van der Waals surface area contributed by atoms with Gasteiger partial charge in [-0.3, -0.25) is 9.78 Å². The van der Waals surface area contributed by atoms with Gasteiger partial charge in [0.15, 0.2) is 5.84 Å². The van der Waals surface area contributed by atoms with E-state index < -0.39 is 0 Å². The number of hydrogen-bond donors (Lipinski definition) is 0. The molecule has 0 N–H and O–H groups in total. The van der Waals surface area contributed by atoms with E-state index in [9.17, 15) is 4.79 Å². The molecule has 2 aromatic carbocycles.